The molecule has 1 aromatic heterocycles. The molecule has 3 aromatic rings. The summed E-state index contributed by atoms with van der Waals surface area (Å²) < 4.78 is 28.0. The number of hydrogen-bond donors (Lipinski definition) is 0. The normalized spacial score (nSPS) is 13.6. The Bertz CT molecular complexity index is 898. The second-order valence-electron chi connectivity index (χ2n) is 5.53. The minimum Gasteiger partial charge on any atom is -0.239 e. The molecule has 0 aliphatic rings. The fourth-order valence-corrected chi connectivity index (χ4v) is 4.77. The van der Waals surface area contributed by atoms with Gasteiger partial charge in [0.15, 0.2) is 0 Å². The summed E-state index contributed by atoms with van der Waals surface area (Å²) in [5.74, 6) is 0. The van der Waals surface area contributed by atoms with E-state index >= 15 is 0 Å². The molecule has 0 radical (unpaired) electrons. The highest BCUT2D eigenvalue weighted by Crippen LogP contribution is 2.31. The van der Waals surface area contributed by atoms with Gasteiger partial charge in [0.1, 0.15) is 5.01 Å². The van der Waals surface area contributed by atoms with E-state index in [1.807, 2.05) is 50.2 Å². The van der Waals surface area contributed by atoms with Gasteiger partial charge in [-0.15, -0.1) is 11.3 Å². The molecule has 0 amide bonds. The van der Waals surface area contributed by atoms with Crippen LogP contribution in [0.5, 0.6) is 0 Å². The van der Waals surface area contributed by atoms with E-state index in [2.05, 4.69) is 4.98 Å². The number of thiazole rings is 1. The first-order valence-electron chi connectivity index (χ1n) is 7.30. The Balaban J connectivity index is 1.94. The molecule has 1 heterocycles. The van der Waals surface area contributed by atoms with Crippen molar-refractivity contribution in [3.8, 4) is 0 Å². The van der Waals surface area contributed by atoms with Gasteiger partial charge in [-0.2, -0.15) is 4.31 Å². The average molecular weight is 346 g/mol. The summed E-state index contributed by atoms with van der Waals surface area (Å²) in [6.45, 7) is 3.80. The van der Waals surface area contributed by atoms with Crippen molar-refractivity contribution >= 4 is 31.6 Å². The molecule has 120 valence electrons. The second-order valence-corrected chi connectivity index (χ2v) is 8.59. The van der Waals surface area contributed by atoms with Crippen molar-refractivity contribution in [1.29, 1.82) is 0 Å². The van der Waals surface area contributed by atoms with Gasteiger partial charge in [0.2, 0.25) is 10.0 Å². The quantitative estimate of drug-likeness (QED) is 0.718. The third kappa shape index (κ3) is 3.02. The lowest BCUT2D eigenvalue weighted by atomic mass is 10.2. The van der Waals surface area contributed by atoms with Gasteiger partial charge in [-0.05, 0) is 38.1 Å². The summed E-state index contributed by atoms with van der Waals surface area (Å²) in [5.41, 5.74) is 1.94. The molecule has 0 unspecified atom stereocenters. The van der Waals surface area contributed by atoms with Gasteiger partial charge in [0, 0.05) is 7.05 Å². The first-order valence-corrected chi connectivity index (χ1v) is 9.55. The molecule has 0 saturated heterocycles. The van der Waals surface area contributed by atoms with Crippen LogP contribution in [0.4, 0.5) is 0 Å². The van der Waals surface area contributed by atoms with Gasteiger partial charge >= 0.3 is 0 Å². The minimum atomic E-state index is -3.54. The Morgan fingerprint density at radius 1 is 1.09 bits per heavy atom. The molecule has 23 heavy (non-hydrogen) atoms. The summed E-state index contributed by atoms with van der Waals surface area (Å²) in [5, 5.41) is 0.796. The first-order chi connectivity index (χ1) is 10.9. The summed E-state index contributed by atoms with van der Waals surface area (Å²) in [4.78, 5) is 4.87. The Morgan fingerprint density at radius 2 is 1.74 bits per heavy atom. The summed E-state index contributed by atoms with van der Waals surface area (Å²) >= 11 is 1.53. The lowest BCUT2D eigenvalue weighted by Crippen LogP contribution is -2.29. The number of nitrogens with zero attached hydrogens (tertiary/aromatic N) is 2. The Hall–Kier alpha value is -1.76. The number of fused-ring (bicyclic) bond motifs is 1. The summed E-state index contributed by atoms with van der Waals surface area (Å²) in [6, 6.07) is 14.4. The van der Waals surface area contributed by atoms with Gasteiger partial charge in [0.25, 0.3) is 0 Å². The number of benzene rings is 2. The highest BCUT2D eigenvalue weighted by Gasteiger charge is 2.28. The van der Waals surface area contributed by atoms with Gasteiger partial charge < -0.3 is 0 Å². The van der Waals surface area contributed by atoms with Gasteiger partial charge in [0.05, 0.1) is 21.2 Å². The van der Waals surface area contributed by atoms with Crippen LogP contribution in [0.3, 0.4) is 0 Å². The van der Waals surface area contributed by atoms with E-state index in [4.69, 9.17) is 0 Å². The number of sulfonamides is 1. The molecule has 0 saturated carbocycles. The molecule has 3 rings (SSSR count). The van der Waals surface area contributed by atoms with E-state index in [0.717, 1.165) is 20.8 Å². The molecule has 1 atom stereocenters. The molecular weight excluding hydrogens is 328 g/mol. The van der Waals surface area contributed by atoms with Crippen LogP contribution in [-0.4, -0.2) is 24.8 Å². The number of hydrogen-bond acceptors (Lipinski definition) is 4. The first kappa shape index (κ1) is 16.1. The van der Waals surface area contributed by atoms with Crippen molar-refractivity contribution in [1.82, 2.24) is 9.29 Å². The number of para-hydroxylation sites is 1. The largest absolute Gasteiger partial charge is 0.243 e. The lowest BCUT2D eigenvalue weighted by Gasteiger charge is -2.22. The fourth-order valence-electron chi connectivity index (χ4n) is 2.31. The Morgan fingerprint density at radius 3 is 2.39 bits per heavy atom. The van der Waals surface area contributed by atoms with E-state index in [1.165, 1.54) is 15.6 Å². The maximum atomic E-state index is 12.8. The molecule has 0 bridgehead atoms. The van der Waals surface area contributed by atoms with Crippen LogP contribution in [0.2, 0.25) is 0 Å². The topological polar surface area (TPSA) is 50.3 Å². The lowest BCUT2D eigenvalue weighted by molar-refractivity contribution is 0.398. The van der Waals surface area contributed by atoms with E-state index in [1.54, 1.807) is 19.2 Å². The molecule has 0 aliphatic carbocycles. The molecule has 0 spiro atoms. The predicted molar refractivity (Wildman–Crippen MR) is 94.2 cm³/mol. The highest BCUT2D eigenvalue weighted by atomic mass is 32.2. The zero-order chi connectivity index (χ0) is 16.6. The third-order valence-corrected chi connectivity index (χ3v) is 7.06. The Labute approximate surface area is 140 Å². The van der Waals surface area contributed by atoms with Crippen LogP contribution in [0.15, 0.2) is 53.4 Å². The molecule has 4 nitrogen and oxygen atoms in total. The van der Waals surface area contributed by atoms with Gasteiger partial charge in [-0.3, -0.25) is 0 Å². The maximum absolute atomic E-state index is 12.8. The van der Waals surface area contributed by atoms with Crippen LogP contribution in [-0.2, 0) is 10.0 Å². The molecule has 6 heteroatoms. The van der Waals surface area contributed by atoms with Crippen molar-refractivity contribution < 1.29 is 8.42 Å². The fraction of sp³-hybridized carbons (Fsp3) is 0.235. The average Bonchev–Trinajstić information content (AvgIpc) is 2.98. The Kier molecular flexibility index (Phi) is 4.23. The number of rotatable bonds is 4. The van der Waals surface area contributed by atoms with Crippen molar-refractivity contribution in [3.05, 3.63) is 59.1 Å². The van der Waals surface area contributed by atoms with Crippen molar-refractivity contribution in [2.45, 2.75) is 24.8 Å². The van der Waals surface area contributed by atoms with Crippen LogP contribution in [0.25, 0.3) is 10.2 Å². The molecule has 0 N–H and O–H groups in total. The second kappa shape index (κ2) is 6.03. The van der Waals surface area contributed by atoms with E-state index in [0.29, 0.717) is 4.90 Å². The van der Waals surface area contributed by atoms with Gasteiger partial charge in [-0.25, -0.2) is 13.4 Å². The molecule has 0 aliphatic heterocycles. The zero-order valence-electron chi connectivity index (χ0n) is 13.2. The zero-order valence-corrected chi connectivity index (χ0v) is 14.9. The summed E-state index contributed by atoms with van der Waals surface area (Å²) in [6.07, 6.45) is 0. The predicted octanol–water partition coefficient (Wildman–Crippen LogP) is 3.99. The van der Waals surface area contributed by atoms with Crippen LogP contribution in [0, 0.1) is 6.92 Å². The molecular formula is C17H18N2O2S2. The number of aryl methyl sites for hydroxylation is 1. The van der Waals surface area contributed by atoms with E-state index in [9.17, 15) is 8.42 Å². The van der Waals surface area contributed by atoms with Crippen LogP contribution >= 0.6 is 11.3 Å². The standard InChI is InChI=1S/C17H18N2O2S2/c1-12-8-10-14(11-9-12)23(20,21)19(3)13(2)17-18-15-6-4-5-7-16(15)22-17/h4-11,13H,1-3H3/t13-/m1/s1. The smallest absolute Gasteiger partial charge is 0.239 e. The summed E-state index contributed by atoms with van der Waals surface area (Å²) in [7, 11) is -1.94. The SMILES string of the molecule is Cc1ccc(S(=O)(=O)N(C)[C@H](C)c2nc3ccccc3s2)cc1. The molecule has 2 aromatic carbocycles. The minimum absolute atomic E-state index is 0.304. The maximum Gasteiger partial charge on any atom is 0.243 e. The monoisotopic (exact) mass is 346 g/mol. The van der Waals surface area contributed by atoms with Crippen LogP contribution in [0.1, 0.15) is 23.5 Å². The molecule has 0 fully saturated rings. The van der Waals surface area contributed by atoms with Crippen molar-refractivity contribution in [3.63, 3.8) is 0 Å². The van der Waals surface area contributed by atoms with Crippen LogP contribution < -0.4 is 0 Å². The highest BCUT2D eigenvalue weighted by molar-refractivity contribution is 7.89. The third-order valence-electron chi connectivity index (χ3n) is 3.91. The van der Waals surface area contributed by atoms with Gasteiger partial charge in [-0.1, -0.05) is 29.8 Å². The van der Waals surface area contributed by atoms with Crippen molar-refractivity contribution in [2.75, 3.05) is 7.05 Å². The van der Waals surface area contributed by atoms with E-state index in [-0.39, 0.29) is 6.04 Å². The van der Waals surface area contributed by atoms with Crippen molar-refractivity contribution in [2.24, 2.45) is 0 Å². The number of aromatic nitrogens is 1. The van der Waals surface area contributed by atoms with E-state index < -0.39 is 10.0 Å².